The SMILES string of the molecule is CCCCC(=O)N=C1C=CC2C(=C1)NC(=O)C1=C2CCCC1. The predicted molar refractivity (Wildman–Crippen MR) is 86.3 cm³/mol. The molecule has 0 spiro atoms. The van der Waals surface area contributed by atoms with Crippen molar-refractivity contribution in [2.45, 2.75) is 51.9 Å². The van der Waals surface area contributed by atoms with Gasteiger partial charge < -0.3 is 5.32 Å². The second-order valence-electron chi connectivity index (χ2n) is 6.14. The third kappa shape index (κ3) is 2.96. The molecule has 0 fully saturated rings. The van der Waals surface area contributed by atoms with Gasteiger partial charge in [-0.1, -0.05) is 19.4 Å². The maximum Gasteiger partial charge on any atom is 0.251 e. The Kier molecular flexibility index (Phi) is 4.36. The predicted octanol–water partition coefficient (Wildman–Crippen LogP) is 3.21. The summed E-state index contributed by atoms with van der Waals surface area (Å²) >= 11 is 0. The lowest BCUT2D eigenvalue weighted by atomic mass is 9.77. The molecule has 1 unspecified atom stereocenters. The monoisotopic (exact) mass is 298 g/mol. The highest BCUT2D eigenvalue weighted by molar-refractivity contribution is 6.11. The van der Waals surface area contributed by atoms with E-state index in [1.54, 1.807) is 0 Å². The van der Waals surface area contributed by atoms with Crippen molar-refractivity contribution < 1.29 is 9.59 Å². The Hall–Kier alpha value is -1.97. The van der Waals surface area contributed by atoms with E-state index in [1.165, 1.54) is 5.57 Å². The Bertz CT molecular complexity index is 623. The maximum atomic E-state index is 12.2. The minimum Gasteiger partial charge on any atom is -0.325 e. The van der Waals surface area contributed by atoms with Crippen molar-refractivity contribution in [2.24, 2.45) is 10.9 Å². The molecule has 1 heterocycles. The number of carbonyl (C=O) groups is 2. The van der Waals surface area contributed by atoms with Crippen LogP contribution < -0.4 is 5.32 Å². The van der Waals surface area contributed by atoms with Gasteiger partial charge in [0.2, 0.25) is 5.91 Å². The molecule has 1 aliphatic heterocycles. The molecule has 4 heteroatoms. The fourth-order valence-electron chi connectivity index (χ4n) is 3.35. The molecule has 0 saturated carbocycles. The van der Waals surface area contributed by atoms with E-state index in [-0.39, 0.29) is 17.7 Å². The summed E-state index contributed by atoms with van der Waals surface area (Å²) in [4.78, 5) is 28.1. The topological polar surface area (TPSA) is 58.5 Å². The van der Waals surface area contributed by atoms with Crippen molar-refractivity contribution in [3.8, 4) is 0 Å². The maximum absolute atomic E-state index is 12.2. The number of allylic oxidation sites excluding steroid dienone is 3. The zero-order chi connectivity index (χ0) is 15.5. The van der Waals surface area contributed by atoms with Crippen LogP contribution in [0.1, 0.15) is 51.9 Å². The van der Waals surface area contributed by atoms with Gasteiger partial charge in [-0.05, 0) is 49.8 Å². The number of hydrogen-bond acceptors (Lipinski definition) is 2. The lowest BCUT2D eigenvalue weighted by Gasteiger charge is -2.33. The molecule has 2 amide bonds. The Morgan fingerprint density at radius 3 is 3.00 bits per heavy atom. The standard InChI is InChI=1S/C18H22N2O2/c1-2-3-8-17(21)19-12-9-10-14-13-6-4-5-7-15(13)18(22)20-16(14)11-12/h9-11,14H,2-8H2,1H3,(H,20,22). The van der Waals surface area contributed by atoms with Gasteiger partial charge in [-0.3, -0.25) is 9.59 Å². The molecule has 1 N–H and O–H groups in total. The van der Waals surface area contributed by atoms with E-state index in [4.69, 9.17) is 0 Å². The van der Waals surface area contributed by atoms with E-state index in [9.17, 15) is 9.59 Å². The number of aliphatic imine (C=N–C) groups is 1. The molecule has 116 valence electrons. The summed E-state index contributed by atoms with van der Waals surface area (Å²) < 4.78 is 0. The average Bonchev–Trinajstić information content (AvgIpc) is 2.53. The van der Waals surface area contributed by atoms with Gasteiger partial charge in [0, 0.05) is 23.6 Å². The van der Waals surface area contributed by atoms with Crippen molar-refractivity contribution in [1.29, 1.82) is 0 Å². The van der Waals surface area contributed by atoms with E-state index in [1.807, 2.05) is 12.2 Å². The van der Waals surface area contributed by atoms with E-state index < -0.39 is 0 Å². The van der Waals surface area contributed by atoms with Crippen molar-refractivity contribution in [2.75, 3.05) is 0 Å². The van der Waals surface area contributed by atoms with Crippen molar-refractivity contribution in [3.63, 3.8) is 0 Å². The summed E-state index contributed by atoms with van der Waals surface area (Å²) in [6, 6.07) is 0. The number of hydrogen-bond donors (Lipinski definition) is 1. The number of carbonyl (C=O) groups excluding carboxylic acids is 2. The Morgan fingerprint density at radius 2 is 2.18 bits per heavy atom. The first-order valence-electron chi connectivity index (χ1n) is 8.23. The van der Waals surface area contributed by atoms with Crippen LogP contribution in [-0.4, -0.2) is 17.5 Å². The van der Waals surface area contributed by atoms with Crippen LogP contribution in [0.25, 0.3) is 0 Å². The van der Waals surface area contributed by atoms with Crippen molar-refractivity contribution >= 4 is 17.5 Å². The van der Waals surface area contributed by atoms with Gasteiger partial charge in [0.25, 0.3) is 5.91 Å². The van der Waals surface area contributed by atoms with Crippen LogP contribution in [0.4, 0.5) is 0 Å². The first kappa shape index (κ1) is 14.9. The van der Waals surface area contributed by atoms with Crippen molar-refractivity contribution in [3.05, 3.63) is 35.1 Å². The molecular formula is C18H22N2O2. The number of nitrogens with zero attached hydrogens (tertiary/aromatic N) is 1. The molecule has 0 aromatic rings. The smallest absolute Gasteiger partial charge is 0.251 e. The summed E-state index contributed by atoms with van der Waals surface area (Å²) in [7, 11) is 0. The third-order valence-corrected chi connectivity index (χ3v) is 4.51. The quantitative estimate of drug-likeness (QED) is 0.869. The van der Waals surface area contributed by atoms with E-state index in [0.717, 1.165) is 49.8 Å². The highest BCUT2D eigenvalue weighted by Gasteiger charge is 2.32. The summed E-state index contributed by atoms with van der Waals surface area (Å²) in [5.41, 5.74) is 3.74. The number of fused-ring (bicyclic) bond motifs is 2. The average molecular weight is 298 g/mol. The minimum atomic E-state index is -0.0866. The van der Waals surface area contributed by atoms with Gasteiger partial charge in [0.15, 0.2) is 0 Å². The summed E-state index contributed by atoms with van der Waals surface area (Å²) in [6.07, 6.45) is 12.3. The first-order valence-corrected chi connectivity index (χ1v) is 8.23. The lowest BCUT2D eigenvalue weighted by molar-refractivity contribution is -0.118. The molecule has 22 heavy (non-hydrogen) atoms. The van der Waals surface area contributed by atoms with E-state index in [2.05, 4.69) is 23.3 Å². The molecule has 0 aromatic carbocycles. The van der Waals surface area contributed by atoms with Gasteiger partial charge in [0.05, 0.1) is 5.71 Å². The van der Waals surface area contributed by atoms with Gasteiger partial charge in [-0.25, -0.2) is 4.99 Å². The third-order valence-electron chi connectivity index (χ3n) is 4.51. The zero-order valence-electron chi connectivity index (χ0n) is 13.0. The molecule has 1 atom stereocenters. The largest absolute Gasteiger partial charge is 0.325 e. The molecular weight excluding hydrogens is 276 g/mol. The second-order valence-corrected chi connectivity index (χ2v) is 6.14. The van der Waals surface area contributed by atoms with Crippen LogP contribution in [0.2, 0.25) is 0 Å². The fraction of sp³-hybridized carbons (Fsp3) is 0.500. The highest BCUT2D eigenvalue weighted by Crippen LogP contribution is 2.38. The molecule has 3 rings (SSSR count). The Morgan fingerprint density at radius 1 is 1.36 bits per heavy atom. The van der Waals surface area contributed by atoms with Gasteiger partial charge in [-0.2, -0.15) is 0 Å². The molecule has 0 radical (unpaired) electrons. The minimum absolute atomic E-state index is 0.0316. The second kappa shape index (κ2) is 6.42. The van der Waals surface area contributed by atoms with Crippen molar-refractivity contribution in [1.82, 2.24) is 5.32 Å². The first-order chi connectivity index (χ1) is 10.7. The summed E-state index contributed by atoms with van der Waals surface area (Å²) in [5.74, 6) is 0.110. The lowest BCUT2D eigenvalue weighted by Crippen LogP contribution is -2.37. The number of amides is 2. The molecule has 4 nitrogen and oxygen atoms in total. The van der Waals surface area contributed by atoms with Gasteiger partial charge >= 0.3 is 0 Å². The zero-order valence-corrected chi connectivity index (χ0v) is 13.0. The van der Waals surface area contributed by atoms with Gasteiger partial charge in [0.1, 0.15) is 0 Å². The Balaban J connectivity index is 1.82. The van der Waals surface area contributed by atoms with E-state index in [0.29, 0.717) is 12.1 Å². The number of unbranched alkanes of at least 4 members (excludes halogenated alkanes) is 1. The molecule has 0 bridgehead atoms. The van der Waals surface area contributed by atoms with Crippen LogP contribution in [-0.2, 0) is 9.59 Å². The number of nitrogens with one attached hydrogen (secondary N) is 1. The van der Waals surface area contributed by atoms with Crippen LogP contribution in [0.5, 0.6) is 0 Å². The number of rotatable bonds is 3. The van der Waals surface area contributed by atoms with Crippen LogP contribution in [0.3, 0.4) is 0 Å². The van der Waals surface area contributed by atoms with Crippen LogP contribution in [0, 0.1) is 5.92 Å². The van der Waals surface area contributed by atoms with Crippen LogP contribution >= 0.6 is 0 Å². The fourth-order valence-corrected chi connectivity index (χ4v) is 3.35. The molecule has 0 aromatic heterocycles. The van der Waals surface area contributed by atoms with Gasteiger partial charge in [-0.15, -0.1) is 0 Å². The Labute approximate surface area is 131 Å². The van der Waals surface area contributed by atoms with E-state index >= 15 is 0 Å². The molecule has 0 saturated heterocycles. The highest BCUT2D eigenvalue weighted by atomic mass is 16.2. The summed E-state index contributed by atoms with van der Waals surface area (Å²) in [6.45, 7) is 2.06. The summed E-state index contributed by atoms with van der Waals surface area (Å²) in [5, 5.41) is 2.98. The molecule has 3 aliphatic rings. The van der Waals surface area contributed by atoms with Crippen LogP contribution in [0.15, 0.2) is 40.1 Å². The normalized spacial score (nSPS) is 25.5. The molecule has 2 aliphatic carbocycles.